The number of benzene rings is 2. The van der Waals surface area contributed by atoms with E-state index in [1.165, 1.54) is 5.56 Å². The van der Waals surface area contributed by atoms with E-state index in [-0.39, 0.29) is 10.8 Å². The van der Waals surface area contributed by atoms with Crippen LogP contribution >= 0.6 is 9.47 Å². The third-order valence-corrected chi connectivity index (χ3v) is 5.62. The Morgan fingerprint density at radius 1 is 1.04 bits per heavy atom. The van der Waals surface area contributed by atoms with Crippen molar-refractivity contribution in [2.75, 3.05) is 7.11 Å². The van der Waals surface area contributed by atoms with Gasteiger partial charge in [-0.3, -0.25) is 0 Å². The van der Waals surface area contributed by atoms with Gasteiger partial charge in [0.1, 0.15) is 0 Å². The lowest BCUT2D eigenvalue weighted by Gasteiger charge is -2.37. The number of hydrogen-bond donors (Lipinski definition) is 0. The van der Waals surface area contributed by atoms with Gasteiger partial charge in [-0.05, 0) is 41.7 Å². The van der Waals surface area contributed by atoms with Crippen molar-refractivity contribution < 1.29 is 14.0 Å². The molecular weight excluding hydrogens is 355 g/mol. The first-order valence-electron chi connectivity index (χ1n) is 9.12. The van der Waals surface area contributed by atoms with Crippen LogP contribution < -0.4 is 14.0 Å². The van der Waals surface area contributed by atoms with E-state index in [2.05, 4.69) is 68.9 Å². The lowest BCUT2D eigenvalue weighted by molar-refractivity contribution is 0.351. The molecule has 3 nitrogen and oxygen atoms in total. The molecule has 144 valence electrons. The van der Waals surface area contributed by atoms with Crippen LogP contribution in [0, 0.1) is 0 Å². The molecule has 1 unspecified atom stereocenters. The van der Waals surface area contributed by atoms with E-state index in [1.54, 1.807) is 7.11 Å². The molecule has 0 amide bonds. The molecule has 0 saturated heterocycles. The Kier molecular flexibility index (Phi) is 4.80. The van der Waals surface area contributed by atoms with Crippen molar-refractivity contribution >= 4 is 15.0 Å². The fraction of sp³-hybridized carbons (Fsp3) is 0.391. The Morgan fingerprint density at radius 2 is 1.63 bits per heavy atom. The zero-order chi connectivity index (χ0) is 20.1. The lowest BCUT2D eigenvalue weighted by atomic mass is 9.73. The quantitative estimate of drug-likeness (QED) is 0.556. The lowest BCUT2D eigenvalue weighted by Crippen LogP contribution is -2.26. The van der Waals surface area contributed by atoms with Crippen LogP contribution in [0.4, 0.5) is 0 Å². The molecule has 2 aromatic rings. The summed E-state index contributed by atoms with van der Waals surface area (Å²) in [6, 6.07) is 8.44. The summed E-state index contributed by atoms with van der Waals surface area (Å²) in [4.78, 5) is 0. The van der Waals surface area contributed by atoms with Gasteiger partial charge in [-0.2, -0.15) is 0 Å². The van der Waals surface area contributed by atoms with Crippen molar-refractivity contribution in [3.05, 3.63) is 53.1 Å². The molecule has 0 radical (unpaired) electrons. The van der Waals surface area contributed by atoms with E-state index in [9.17, 15) is 0 Å². The van der Waals surface area contributed by atoms with Crippen LogP contribution in [0.25, 0.3) is 5.57 Å². The zero-order valence-electron chi connectivity index (χ0n) is 17.3. The summed E-state index contributed by atoms with van der Waals surface area (Å²) in [5.41, 5.74) is 5.19. The molecule has 27 heavy (non-hydrogen) atoms. The van der Waals surface area contributed by atoms with Gasteiger partial charge in [0.15, 0.2) is 23.0 Å². The minimum absolute atomic E-state index is 0.000572. The third kappa shape index (κ3) is 3.23. The highest BCUT2D eigenvalue weighted by molar-refractivity contribution is 7.10. The molecule has 1 atom stereocenters. The van der Waals surface area contributed by atoms with Crippen LogP contribution in [-0.4, -0.2) is 7.11 Å². The zero-order valence-corrected chi connectivity index (χ0v) is 18.5. The van der Waals surface area contributed by atoms with Crippen molar-refractivity contribution in [1.29, 1.82) is 0 Å². The van der Waals surface area contributed by atoms with Crippen molar-refractivity contribution in [2.24, 2.45) is 0 Å². The first-order chi connectivity index (χ1) is 12.5. The molecule has 0 fully saturated rings. The van der Waals surface area contributed by atoms with Crippen LogP contribution in [-0.2, 0) is 10.8 Å². The molecule has 0 bridgehead atoms. The molecule has 1 aliphatic rings. The van der Waals surface area contributed by atoms with E-state index < -0.39 is 0 Å². The monoisotopic (exact) mass is 384 g/mol. The first-order valence-corrected chi connectivity index (χ1v) is 9.59. The Hall–Kier alpha value is -1.99. The van der Waals surface area contributed by atoms with Gasteiger partial charge >= 0.3 is 0 Å². The largest absolute Gasteiger partial charge is 0.493 e. The number of hydrogen-bond acceptors (Lipinski definition) is 3. The van der Waals surface area contributed by atoms with Crippen molar-refractivity contribution in [3.8, 4) is 23.0 Å². The highest BCUT2D eigenvalue weighted by Gasteiger charge is 2.39. The van der Waals surface area contributed by atoms with Crippen LogP contribution in [0.5, 0.6) is 23.0 Å². The summed E-state index contributed by atoms with van der Waals surface area (Å²) in [5.74, 6) is 2.91. The Balaban J connectivity index is 2.33. The highest BCUT2D eigenvalue weighted by Crippen LogP contribution is 2.55. The van der Waals surface area contributed by atoms with Gasteiger partial charge in [-0.25, -0.2) is 0 Å². The number of fused-ring (bicyclic) bond motifs is 2. The van der Waals surface area contributed by atoms with E-state index in [0.29, 0.717) is 11.5 Å². The average Bonchev–Trinajstić information content (AvgIpc) is 2.59. The van der Waals surface area contributed by atoms with E-state index in [1.807, 2.05) is 13.0 Å². The molecule has 2 aromatic carbocycles. The molecule has 3 rings (SSSR count). The Labute approximate surface area is 165 Å². The minimum Gasteiger partial charge on any atom is -0.493 e. The maximum atomic E-state index is 6.37. The van der Waals surface area contributed by atoms with Crippen LogP contribution in [0.1, 0.15) is 63.8 Å². The van der Waals surface area contributed by atoms with Gasteiger partial charge < -0.3 is 14.0 Å². The second kappa shape index (κ2) is 6.56. The molecule has 0 aliphatic carbocycles. The maximum absolute atomic E-state index is 6.37. The molecule has 0 aromatic heterocycles. The van der Waals surface area contributed by atoms with Crippen molar-refractivity contribution in [2.45, 2.75) is 52.4 Å². The number of rotatable bonds is 3. The smallest absolute Gasteiger partial charge is 0.173 e. The van der Waals surface area contributed by atoms with Gasteiger partial charge in [0, 0.05) is 16.5 Å². The molecule has 0 saturated carbocycles. The predicted molar refractivity (Wildman–Crippen MR) is 115 cm³/mol. The Morgan fingerprint density at radius 3 is 2.15 bits per heavy atom. The fourth-order valence-electron chi connectivity index (χ4n) is 3.51. The topological polar surface area (TPSA) is 27.7 Å². The maximum Gasteiger partial charge on any atom is 0.173 e. The fourth-order valence-corrected chi connectivity index (χ4v) is 3.68. The second-order valence-corrected chi connectivity index (χ2v) is 9.02. The average molecular weight is 384 g/mol. The molecule has 1 heterocycles. The van der Waals surface area contributed by atoms with Crippen LogP contribution in [0.15, 0.2) is 30.8 Å². The van der Waals surface area contributed by atoms with Crippen LogP contribution in [0.3, 0.4) is 0 Å². The molecule has 1 aliphatic heterocycles. The minimum atomic E-state index is -0.277. The normalized spacial score (nSPS) is 14.7. The van der Waals surface area contributed by atoms with E-state index >= 15 is 0 Å². The van der Waals surface area contributed by atoms with E-state index in [0.717, 1.165) is 33.8 Å². The van der Waals surface area contributed by atoms with Crippen LogP contribution in [0.2, 0.25) is 0 Å². The number of allylic oxidation sites excluding steroid dienone is 1. The summed E-state index contributed by atoms with van der Waals surface area (Å²) >= 11 is 0. The standard InChI is InChI=1S/C23H29O3P/c1-13(2)14-9-16-20(18(10-14)24-8)25-21-17(23(16,6)7)11-15(22(3,4)5)12-19(21)26-27/h9-12H,1,27H2,2-8H3. The predicted octanol–water partition coefficient (Wildman–Crippen LogP) is 6.63. The van der Waals surface area contributed by atoms with Crippen molar-refractivity contribution in [1.82, 2.24) is 0 Å². The molecule has 0 spiro atoms. The summed E-state index contributed by atoms with van der Waals surface area (Å²) in [6.07, 6.45) is 0. The molecular formula is C23H29O3P. The number of ether oxygens (including phenoxy) is 2. The molecule has 0 N–H and O–H groups in total. The van der Waals surface area contributed by atoms with Gasteiger partial charge in [-0.1, -0.05) is 52.8 Å². The first kappa shape index (κ1) is 19.8. The summed E-state index contributed by atoms with van der Waals surface area (Å²) in [5, 5.41) is 0. The van der Waals surface area contributed by atoms with Crippen molar-refractivity contribution in [3.63, 3.8) is 0 Å². The third-order valence-electron chi connectivity index (χ3n) is 5.37. The summed E-state index contributed by atoms with van der Waals surface area (Å²) < 4.78 is 17.6. The highest BCUT2D eigenvalue weighted by atomic mass is 31.0. The van der Waals surface area contributed by atoms with E-state index in [4.69, 9.17) is 14.0 Å². The second-order valence-electron chi connectivity index (χ2n) is 8.78. The Bertz CT molecular complexity index is 920. The molecule has 4 heteroatoms. The van der Waals surface area contributed by atoms with Gasteiger partial charge in [-0.15, -0.1) is 0 Å². The summed E-state index contributed by atoms with van der Waals surface area (Å²) in [7, 11) is 4.01. The SMILES string of the molecule is C=C(C)c1cc(OC)c2c(c1)C(C)(C)c1cc(C(C)(C)C)cc(OP)c1O2. The summed E-state index contributed by atoms with van der Waals surface area (Å²) in [6.45, 7) is 17.1. The van der Waals surface area contributed by atoms with Gasteiger partial charge in [0.25, 0.3) is 0 Å². The number of methoxy groups -OCH3 is 1. The van der Waals surface area contributed by atoms with Gasteiger partial charge in [0.2, 0.25) is 0 Å². The van der Waals surface area contributed by atoms with Gasteiger partial charge in [0.05, 0.1) is 16.6 Å².